The average Bonchev–Trinajstić information content (AvgIpc) is 2.78. The number of hydrogen-bond donors (Lipinski definition) is 1. The summed E-state index contributed by atoms with van der Waals surface area (Å²) in [5, 5.41) is 2.54. The molecule has 0 saturated heterocycles. The molecule has 0 aromatic heterocycles. The van der Waals surface area contributed by atoms with Crippen LogP contribution in [-0.4, -0.2) is 49.0 Å². The Morgan fingerprint density at radius 1 is 1.05 bits per heavy atom. The van der Waals surface area contributed by atoms with Crippen LogP contribution in [0.15, 0.2) is 36.4 Å². The fourth-order valence-electron chi connectivity index (χ4n) is 4.85. The monoisotopic (exact) mass is 547 g/mol. The third-order valence-corrected chi connectivity index (χ3v) is 7.15. The Morgan fingerprint density at radius 2 is 1.69 bits per heavy atom. The molecule has 0 bridgehead atoms. The molecule has 2 amide bonds. The van der Waals surface area contributed by atoms with E-state index in [1.54, 1.807) is 25.7 Å². The van der Waals surface area contributed by atoms with E-state index in [2.05, 4.69) is 17.3 Å². The average molecular weight is 548 g/mol. The number of carbonyl (C=O) groups excluding carboxylic acids is 2. The third kappa shape index (κ3) is 8.21. The molecule has 2 aromatic carbocycles. The number of carbonyl (C=O) groups is 2. The highest BCUT2D eigenvalue weighted by Crippen LogP contribution is 2.35. The first-order valence-corrected chi connectivity index (χ1v) is 13.5. The first kappa shape index (κ1) is 30.5. The molecule has 6 nitrogen and oxygen atoms in total. The van der Waals surface area contributed by atoms with Gasteiger partial charge in [-0.15, -0.1) is 0 Å². The second-order valence-corrected chi connectivity index (χ2v) is 10.9. The lowest BCUT2D eigenvalue weighted by Gasteiger charge is -2.37. The molecular weight excluding hydrogens is 507 g/mol. The van der Waals surface area contributed by atoms with Crippen molar-refractivity contribution in [2.24, 2.45) is 5.92 Å². The van der Waals surface area contributed by atoms with Crippen LogP contribution in [0, 0.1) is 19.8 Å². The maximum Gasteiger partial charge on any atom is 0.416 e. The minimum atomic E-state index is -4.60. The first-order valence-electron chi connectivity index (χ1n) is 13.5. The van der Waals surface area contributed by atoms with Gasteiger partial charge in [0.05, 0.1) is 11.7 Å². The molecule has 9 heteroatoms. The third-order valence-electron chi connectivity index (χ3n) is 7.15. The van der Waals surface area contributed by atoms with E-state index >= 15 is 0 Å². The van der Waals surface area contributed by atoms with E-state index in [1.165, 1.54) is 12.5 Å². The Hall–Kier alpha value is -3.07. The maximum atomic E-state index is 13.7. The van der Waals surface area contributed by atoms with Crippen LogP contribution in [0.1, 0.15) is 63.1 Å². The molecule has 1 saturated carbocycles. The Bertz CT molecular complexity index is 1140. The van der Waals surface area contributed by atoms with Gasteiger partial charge >= 0.3 is 6.18 Å². The number of alkyl halides is 3. The Morgan fingerprint density at radius 3 is 2.23 bits per heavy atom. The van der Waals surface area contributed by atoms with Gasteiger partial charge in [0.2, 0.25) is 11.8 Å². The molecule has 1 unspecified atom stereocenters. The van der Waals surface area contributed by atoms with Crippen molar-refractivity contribution in [2.45, 2.75) is 78.6 Å². The highest BCUT2D eigenvalue weighted by Gasteiger charge is 2.32. The number of ether oxygens (including phenoxy) is 1. The van der Waals surface area contributed by atoms with Gasteiger partial charge in [0, 0.05) is 48.9 Å². The van der Waals surface area contributed by atoms with Crippen molar-refractivity contribution in [2.75, 3.05) is 30.4 Å². The largest absolute Gasteiger partial charge is 0.491 e. The van der Waals surface area contributed by atoms with Crippen LogP contribution in [-0.2, 0) is 15.8 Å². The highest BCUT2D eigenvalue weighted by atomic mass is 19.4. The summed E-state index contributed by atoms with van der Waals surface area (Å²) >= 11 is 0. The molecule has 1 N–H and O–H groups in total. The van der Waals surface area contributed by atoms with Crippen molar-refractivity contribution < 1.29 is 27.5 Å². The summed E-state index contributed by atoms with van der Waals surface area (Å²) in [6, 6.07) is 9.53. The summed E-state index contributed by atoms with van der Waals surface area (Å²) in [5.41, 5.74) is 1.82. The van der Waals surface area contributed by atoms with E-state index in [9.17, 15) is 22.8 Å². The highest BCUT2D eigenvalue weighted by molar-refractivity contribution is 6.00. The van der Waals surface area contributed by atoms with Crippen LogP contribution in [0.3, 0.4) is 0 Å². The predicted molar refractivity (Wildman–Crippen MR) is 148 cm³/mol. The van der Waals surface area contributed by atoms with Gasteiger partial charge in [0.25, 0.3) is 0 Å². The number of nitrogens with one attached hydrogen (secondary N) is 1. The zero-order valence-electron chi connectivity index (χ0n) is 23.7. The van der Waals surface area contributed by atoms with E-state index in [1.807, 2.05) is 32.0 Å². The van der Waals surface area contributed by atoms with Gasteiger partial charge in [-0.25, -0.2) is 0 Å². The lowest BCUT2D eigenvalue weighted by Crippen LogP contribution is -2.45. The summed E-state index contributed by atoms with van der Waals surface area (Å²) in [4.78, 5) is 30.7. The second kappa shape index (κ2) is 12.9. The van der Waals surface area contributed by atoms with E-state index in [0.29, 0.717) is 19.1 Å². The van der Waals surface area contributed by atoms with E-state index in [0.717, 1.165) is 41.8 Å². The summed E-state index contributed by atoms with van der Waals surface area (Å²) in [7, 11) is 2.07. The zero-order valence-corrected chi connectivity index (χ0v) is 23.7. The van der Waals surface area contributed by atoms with Crippen molar-refractivity contribution in [1.82, 2.24) is 4.90 Å². The van der Waals surface area contributed by atoms with E-state index < -0.39 is 23.6 Å². The molecule has 0 aliphatic heterocycles. The number of halogens is 3. The lowest BCUT2D eigenvalue weighted by molar-refractivity contribution is -0.137. The molecule has 0 spiro atoms. The lowest BCUT2D eigenvalue weighted by atomic mass is 9.92. The number of nitrogens with zero attached hydrogens (tertiary/aromatic N) is 2. The van der Waals surface area contributed by atoms with Gasteiger partial charge in [-0.2, -0.15) is 13.2 Å². The molecule has 0 heterocycles. The second-order valence-electron chi connectivity index (χ2n) is 10.9. The standard InChI is InChI=1S/C30H40F3N3O3/c1-19(2)39-26-17-23(30(31,32)33)16-24(18-26)34-27(37)15-22(5)29(38)36(14-13-35(6)25-11-8-12-25)28-20(3)9-7-10-21(28)4/h7,9-10,16-19,22,25H,8,11-15H2,1-6H3,(H,34,37). The number of likely N-dealkylation sites (N-methyl/N-ethyl adjacent to an activating group) is 1. The summed E-state index contributed by atoms with van der Waals surface area (Å²) < 4.78 is 45.8. The van der Waals surface area contributed by atoms with Gasteiger partial charge in [0.15, 0.2) is 0 Å². The Balaban J connectivity index is 1.76. The summed E-state index contributed by atoms with van der Waals surface area (Å²) in [6.07, 6.45) is -1.58. The molecule has 1 aliphatic rings. The van der Waals surface area contributed by atoms with Crippen LogP contribution in [0.25, 0.3) is 0 Å². The minimum Gasteiger partial charge on any atom is -0.491 e. The SMILES string of the molecule is Cc1cccc(C)c1N(CCN(C)C1CCC1)C(=O)C(C)CC(=O)Nc1cc(OC(C)C)cc(C(F)(F)F)c1. The van der Waals surface area contributed by atoms with E-state index in [4.69, 9.17) is 4.74 Å². The number of rotatable bonds is 11. The molecule has 1 atom stereocenters. The van der Waals surface area contributed by atoms with Crippen LogP contribution >= 0.6 is 0 Å². The number of hydrogen-bond acceptors (Lipinski definition) is 4. The summed E-state index contributed by atoms with van der Waals surface area (Å²) in [6.45, 7) is 10.2. The molecule has 214 valence electrons. The van der Waals surface area contributed by atoms with Gasteiger partial charge in [-0.1, -0.05) is 31.5 Å². The van der Waals surface area contributed by atoms with Gasteiger partial charge < -0.3 is 19.9 Å². The molecule has 1 aliphatic carbocycles. The molecule has 39 heavy (non-hydrogen) atoms. The number of para-hydroxylation sites is 1. The van der Waals surface area contributed by atoms with Crippen LogP contribution < -0.4 is 15.0 Å². The predicted octanol–water partition coefficient (Wildman–Crippen LogP) is 6.59. The molecular formula is C30H40F3N3O3. The van der Waals surface area contributed by atoms with Gasteiger partial charge in [-0.3, -0.25) is 9.59 Å². The fraction of sp³-hybridized carbons (Fsp3) is 0.533. The van der Waals surface area contributed by atoms with Crippen molar-refractivity contribution in [3.8, 4) is 5.75 Å². The van der Waals surface area contributed by atoms with Crippen molar-refractivity contribution in [3.05, 3.63) is 53.1 Å². The number of benzene rings is 2. The summed E-state index contributed by atoms with van der Waals surface area (Å²) in [5.74, 6) is -1.41. The minimum absolute atomic E-state index is 0.0102. The molecule has 1 fully saturated rings. The molecule has 0 radical (unpaired) electrons. The number of anilines is 2. The number of aryl methyl sites for hydroxylation is 2. The van der Waals surface area contributed by atoms with E-state index in [-0.39, 0.29) is 29.9 Å². The van der Waals surface area contributed by atoms with Crippen molar-refractivity contribution >= 4 is 23.2 Å². The normalized spacial score (nSPS) is 14.7. The number of amides is 2. The Kier molecular flexibility index (Phi) is 10.0. The molecule has 3 rings (SSSR count). The van der Waals surface area contributed by atoms with Gasteiger partial charge in [-0.05, 0) is 70.8 Å². The topological polar surface area (TPSA) is 61.9 Å². The first-order chi connectivity index (χ1) is 18.3. The van der Waals surface area contributed by atoms with Crippen molar-refractivity contribution in [1.29, 1.82) is 0 Å². The van der Waals surface area contributed by atoms with Crippen molar-refractivity contribution in [3.63, 3.8) is 0 Å². The van der Waals surface area contributed by atoms with Crippen LogP contribution in [0.2, 0.25) is 0 Å². The Labute approximate surface area is 229 Å². The zero-order chi connectivity index (χ0) is 28.9. The quantitative estimate of drug-likeness (QED) is 0.345. The maximum absolute atomic E-state index is 13.7. The fourth-order valence-corrected chi connectivity index (χ4v) is 4.85. The van der Waals surface area contributed by atoms with Crippen LogP contribution in [0.5, 0.6) is 5.75 Å². The van der Waals surface area contributed by atoms with Crippen LogP contribution in [0.4, 0.5) is 24.5 Å². The van der Waals surface area contributed by atoms with Gasteiger partial charge in [0.1, 0.15) is 5.75 Å². The smallest absolute Gasteiger partial charge is 0.416 e. The molecule has 2 aromatic rings.